The monoisotopic (exact) mass is 619 g/mol. The van der Waals surface area contributed by atoms with Gasteiger partial charge in [-0.15, -0.1) is 0 Å². The molecule has 3 heteroatoms. The molecule has 5 rings (SSSR count). The Hall–Kier alpha value is -1.53. The van der Waals surface area contributed by atoms with Gasteiger partial charge in [0.1, 0.15) is 11.1 Å². The molecule has 0 unspecified atom stereocenters. The van der Waals surface area contributed by atoms with Crippen molar-refractivity contribution in [2.24, 2.45) is 0 Å². The van der Waals surface area contributed by atoms with Gasteiger partial charge in [0.15, 0.2) is 5.75 Å². The van der Waals surface area contributed by atoms with Gasteiger partial charge in [0.05, 0.1) is 44.0 Å². The van der Waals surface area contributed by atoms with Crippen molar-refractivity contribution in [1.82, 2.24) is 0 Å². The van der Waals surface area contributed by atoms with Crippen LogP contribution in [-0.4, -0.2) is 31.2 Å². The standard InChI is InChI=1S/C41H64O2P/c1-28(2)31-26-35(29(3)4)39(36(27-31)30(5)6)40-37(42-7)24-25-38(43-8)41(40)44(32-18-12-9-13-19-32,33-20-14-10-15-21-33)34-22-16-11-17-23-34/h24-30,32-34H,9-23H2,1-8H3/q+1. The summed E-state index contributed by atoms with van der Waals surface area (Å²) >= 11 is 0. The van der Waals surface area contributed by atoms with E-state index in [-0.39, 0.29) is 0 Å². The zero-order valence-corrected chi connectivity index (χ0v) is 30.5. The van der Waals surface area contributed by atoms with Crippen molar-refractivity contribution in [3.8, 4) is 22.6 Å². The van der Waals surface area contributed by atoms with E-state index in [1.165, 1.54) is 130 Å². The predicted molar refractivity (Wildman–Crippen MR) is 194 cm³/mol. The minimum Gasteiger partial charge on any atom is -0.496 e. The third kappa shape index (κ3) is 6.37. The molecule has 244 valence electrons. The van der Waals surface area contributed by atoms with Crippen LogP contribution in [0.5, 0.6) is 11.5 Å². The Morgan fingerprint density at radius 2 is 0.909 bits per heavy atom. The number of methoxy groups -OCH3 is 2. The molecule has 2 nitrogen and oxygen atoms in total. The van der Waals surface area contributed by atoms with Crippen LogP contribution in [0.25, 0.3) is 11.1 Å². The topological polar surface area (TPSA) is 18.5 Å². The van der Waals surface area contributed by atoms with E-state index in [0.717, 1.165) is 22.7 Å². The largest absolute Gasteiger partial charge is 0.496 e. The molecule has 0 saturated heterocycles. The van der Waals surface area contributed by atoms with E-state index in [1.807, 2.05) is 14.2 Å². The van der Waals surface area contributed by atoms with Crippen molar-refractivity contribution in [1.29, 1.82) is 0 Å². The van der Waals surface area contributed by atoms with Gasteiger partial charge in [0, 0.05) is 0 Å². The molecule has 0 spiro atoms. The molecule has 3 aliphatic rings. The molecular weight excluding hydrogens is 555 g/mol. The summed E-state index contributed by atoms with van der Waals surface area (Å²) in [6.45, 7) is 14.3. The van der Waals surface area contributed by atoms with Crippen LogP contribution in [0.2, 0.25) is 0 Å². The minimum atomic E-state index is -1.71. The highest BCUT2D eigenvalue weighted by Gasteiger charge is 2.61. The molecule has 2 aromatic carbocycles. The first-order chi connectivity index (χ1) is 21.2. The van der Waals surface area contributed by atoms with Crippen LogP contribution < -0.4 is 14.8 Å². The summed E-state index contributed by atoms with van der Waals surface area (Å²) in [6, 6.07) is 9.68. The highest BCUT2D eigenvalue weighted by molar-refractivity contribution is 7.85. The molecule has 44 heavy (non-hydrogen) atoms. The lowest BCUT2D eigenvalue weighted by atomic mass is 9.81. The molecule has 2 aromatic rings. The third-order valence-corrected chi connectivity index (χ3v) is 18.2. The number of ether oxygens (including phenoxy) is 2. The van der Waals surface area contributed by atoms with Gasteiger partial charge in [-0.1, -0.05) is 72.9 Å². The highest BCUT2D eigenvalue weighted by Crippen LogP contribution is 2.78. The molecule has 0 aromatic heterocycles. The first-order valence-corrected chi connectivity index (χ1v) is 20.6. The maximum atomic E-state index is 6.62. The molecule has 3 fully saturated rings. The Labute approximate surface area is 271 Å². The number of hydrogen-bond acceptors (Lipinski definition) is 2. The summed E-state index contributed by atoms with van der Waals surface area (Å²) in [4.78, 5) is 0. The van der Waals surface area contributed by atoms with Gasteiger partial charge in [0.2, 0.25) is 0 Å². The summed E-state index contributed by atoms with van der Waals surface area (Å²) in [5.74, 6) is 3.61. The van der Waals surface area contributed by atoms with Crippen molar-refractivity contribution in [3.63, 3.8) is 0 Å². The summed E-state index contributed by atoms with van der Waals surface area (Å²) in [5, 5.41) is 1.66. The van der Waals surface area contributed by atoms with E-state index in [0.29, 0.717) is 17.8 Å². The van der Waals surface area contributed by atoms with Crippen molar-refractivity contribution in [3.05, 3.63) is 41.0 Å². The fraction of sp³-hybridized carbons (Fsp3) is 0.707. The highest BCUT2D eigenvalue weighted by atomic mass is 31.2. The van der Waals surface area contributed by atoms with E-state index in [9.17, 15) is 0 Å². The maximum Gasteiger partial charge on any atom is 0.161 e. The van der Waals surface area contributed by atoms with Gasteiger partial charge in [-0.05, 0) is 129 Å². The Morgan fingerprint density at radius 3 is 1.25 bits per heavy atom. The van der Waals surface area contributed by atoms with Crippen LogP contribution >= 0.6 is 7.26 Å². The van der Waals surface area contributed by atoms with Crippen molar-refractivity contribution in [2.75, 3.05) is 14.2 Å². The molecule has 0 atom stereocenters. The average molecular weight is 620 g/mol. The first kappa shape index (κ1) is 33.8. The van der Waals surface area contributed by atoms with Crippen molar-refractivity contribution < 1.29 is 9.47 Å². The lowest BCUT2D eigenvalue weighted by Crippen LogP contribution is -2.43. The van der Waals surface area contributed by atoms with Gasteiger partial charge in [-0.2, -0.15) is 0 Å². The summed E-state index contributed by atoms with van der Waals surface area (Å²) in [5.41, 5.74) is 9.86. The second kappa shape index (κ2) is 14.9. The van der Waals surface area contributed by atoms with E-state index in [4.69, 9.17) is 9.47 Å². The molecule has 0 heterocycles. The molecule has 3 aliphatic carbocycles. The molecule has 0 N–H and O–H groups in total. The predicted octanol–water partition coefficient (Wildman–Crippen LogP) is 12.4. The molecule has 0 radical (unpaired) electrons. The molecule has 0 aliphatic heterocycles. The SMILES string of the molecule is COc1ccc(OC)c([P+](C2CCCCC2)(C2CCCCC2)C2CCCCC2)c1-c1c(C(C)C)cc(C(C)C)cc1C(C)C. The first-order valence-electron chi connectivity index (χ1n) is 18.6. The average Bonchev–Trinajstić information content (AvgIpc) is 3.05. The van der Waals surface area contributed by atoms with Crippen LogP contribution in [0.4, 0.5) is 0 Å². The quantitative estimate of drug-likeness (QED) is 0.246. The Bertz CT molecular complexity index is 1150. The Balaban J connectivity index is 1.96. The summed E-state index contributed by atoms with van der Waals surface area (Å²) in [7, 11) is 2.17. The van der Waals surface area contributed by atoms with Crippen LogP contribution in [0.1, 0.15) is 172 Å². The third-order valence-electron chi connectivity index (χ3n) is 11.8. The van der Waals surface area contributed by atoms with Gasteiger partial charge in [-0.25, -0.2) is 0 Å². The van der Waals surface area contributed by atoms with Gasteiger partial charge < -0.3 is 9.47 Å². The minimum absolute atomic E-state index is 0.428. The smallest absolute Gasteiger partial charge is 0.161 e. The molecule has 0 amide bonds. The fourth-order valence-corrected chi connectivity index (χ4v) is 17.4. The van der Waals surface area contributed by atoms with Gasteiger partial charge >= 0.3 is 0 Å². The number of hydrogen-bond donors (Lipinski definition) is 0. The van der Waals surface area contributed by atoms with Crippen LogP contribution in [-0.2, 0) is 0 Å². The molecule has 0 bridgehead atoms. The molecular formula is C41H64O2P+. The van der Waals surface area contributed by atoms with E-state index in [1.54, 1.807) is 5.30 Å². The summed E-state index contributed by atoms with van der Waals surface area (Å²) < 4.78 is 13.1. The zero-order chi connectivity index (χ0) is 31.4. The van der Waals surface area contributed by atoms with E-state index < -0.39 is 7.26 Å². The second-order valence-corrected chi connectivity index (χ2v) is 19.7. The Morgan fingerprint density at radius 1 is 0.523 bits per heavy atom. The van der Waals surface area contributed by atoms with Crippen LogP contribution in [0.3, 0.4) is 0 Å². The number of benzene rings is 2. The summed E-state index contributed by atoms with van der Waals surface area (Å²) in [6.07, 6.45) is 21.2. The van der Waals surface area contributed by atoms with Gasteiger partial charge in [-0.3, -0.25) is 0 Å². The maximum absolute atomic E-state index is 6.62. The van der Waals surface area contributed by atoms with Crippen LogP contribution in [0.15, 0.2) is 24.3 Å². The van der Waals surface area contributed by atoms with Crippen molar-refractivity contribution >= 4 is 12.6 Å². The molecule has 3 saturated carbocycles. The van der Waals surface area contributed by atoms with Gasteiger partial charge in [0.25, 0.3) is 0 Å². The van der Waals surface area contributed by atoms with Crippen molar-refractivity contribution in [2.45, 2.75) is 173 Å². The van der Waals surface area contributed by atoms with E-state index >= 15 is 0 Å². The zero-order valence-electron chi connectivity index (χ0n) is 29.6. The van der Waals surface area contributed by atoms with Crippen LogP contribution in [0, 0.1) is 0 Å². The normalized spacial score (nSPS) is 19.7. The second-order valence-electron chi connectivity index (χ2n) is 15.4. The lowest BCUT2D eigenvalue weighted by Gasteiger charge is -2.49. The Kier molecular flexibility index (Phi) is 11.5. The fourth-order valence-electron chi connectivity index (χ4n) is 9.73. The van der Waals surface area contributed by atoms with E-state index in [2.05, 4.69) is 65.8 Å². The number of rotatable bonds is 10. The lowest BCUT2D eigenvalue weighted by molar-refractivity contribution is 0.406.